The minimum Gasteiger partial charge on any atom is -0.374 e. The summed E-state index contributed by atoms with van der Waals surface area (Å²) in [5.41, 5.74) is 1.21. The van der Waals surface area contributed by atoms with Crippen molar-refractivity contribution in [2.75, 3.05) is 13.7 Å². The number of hydrogen-bond acceptors (Lipinski definition) is 5. The van der Waals surface area contributed by atoms with Gasteiger partial charge in [-0.15, -0.1) is 0 Å². The van der Waals surface area contributed by atoms with E-state index in [1.54, 1.807) is 7.11 Å². The van der Waals surface area contributed by atoms with Crippen LogP contribution in [-0.4, -0.2) is 23.8 Å². The maximum atomic E-state index is 5.42. The Bertz CT molecular complexity index is 541. The lowest BCUT2D eigenvalue weighted by atomic mass is 9.94. The molecule has 114 valence electrons. The summed E-state index contributed by atoms with van der Waals surface area (Å²) < 4.78 is 10.6. The second-order valence-electron chi connectivity index (χ2n) is 5.10. The van der Waals surface area contributed by atoms with E-state index in [0.717, 1.165) is 6.54 Å². The Kier molecular flexibility index (Phi) is 5.47. The van der Waals surface area contributed by atoms with Crippen LogP contribution in [0.15, 0.2) is 34.9 Å². The van der Waals surface area contributed by atoms with Crippen molar-refractivity contribution < 1.29 is 9.26 Å². The largest absolute Gasteiger partial charge is 0.374 e. The molecule has 0 aliphatic heterocycles. The van der Waals surface area contributed by atoms with E-state index < -0.39 is 0 Å². The second-order valence-corrected chi connectivity index (χ2v) is 5.10. The molecule has 3 atom stereocenters. The monoisotopic (exact) mass is 289 g/mol. The maximum Gasteiger partial charge on any atom is 0.231 e. The summed E-state index contributed by atoms with van der Waals surface area (Å²) in [5.74, 6) is 1.30. The van der Waals surface area contributed by atoms with Crippen LogP contribution >= 0.6 is 0 Å². The van der Waals surface area contributed by atoms with Crippen LogP contribution in [0.3, 0.4) is 0 Å². The zero-order valence-corrected chi connectivity index (χ0v) is 13.0. The van der Waals surface area contributed by atoms with Gasteiger partial charge in [-0.25, -0.2) is 0 Å². The van der Waals surface area contributed by atoms with Gasteiger partial charge in [-0.3, -0.25) is 0 Å². The number of methoxy groups -OCH3 is 1. The van der Waals surface area contributed by atoms with Gasteiger partial charge in [-0.05, 0) is 19.0 Å². The quantitative estimate of drug-likeness (QED) is 0.848. The number of aromatic nitrogens is 2. The molecule has 2 rings (SSSR count). The van der Waals surface area contributed by atoms with Crippen LogP contribution in [0.2, 0.25) is 0 Å². The minimum absolute atomic E-state index is 0.0812. The first-order valence-corrected chi connectivity index (χ1v) is 7.32. The highest BCUT2D eigenvalue weighted by atomic mass is 16.5. The fourth-order valence-corrected chi connectivity index (χ4v) is 2.31. The number of nitrogens with one attached hydrogen (secondary N) is 1. The van der Waals surface area contributed by atoms with Crippen molar-refractivity contribution in [3.8, 4) is 0 Å². The van der Waals surface area contributed by atoms with Gasteiger partial charge < -0.3 is 14.6 Å². The van der Waals surface area contributed by atoms with Crippen LogP contribution in [0, 0.1) is 0 Å². The highest BCUT2D eigenvalue weighted by Gasteiger charge is 2.25. The predicted octanol–water partition coefficient (Wildman–Crippen LogP) is 3.23. The third-order valence-corrected chi connectivity index (χ3v) is 3.65. The molecule has 5 nitrogen and oxygen atoms in total. The topological polar surface area (TPSA) is 60.2 Å². The molecule has 0 saturated carbocycles. The van der Waals surface area contributed by atoms with Gasteiger partial charge in [0.1, 0.15) is 6.10 Å². The predicted molar refractivity (Wildman–Crippen MR) is 81.0 cm³/mol. The van der Waals surface area contributed by atoms with Crippen molar-refractivity contribution in [2.24, 2.45) is 0 Å². The number of rotatable bonds is 7. The first-order chi connectivity index (χ1) is 10.2. The molecule has 1 aromatic heterocycles. The fourth-order valence-electron chi connectivity index (χ4n) is 2.31. The number of nitrogens with zero attached hydrogens (tertiary/aromatic N) is 2. The van der Waals surface area contributed by atoms with E-state index in [9.17, 15) is 0 Å². The number of ether oxygens (including phenoxy) is 1. The van der Waals surface area contributed by atoms with Crippen LogP contribution in [0.25, 0.3) is 0 Å². The van der Waals surface area contributed by atoms with Crippen LogP contribution in [0.5, 0.6) is 0 Å². The first-order valence-electron chi connectivity index (χ1n) is 7.32. The molecule has 0 aliphatic rings. The lowest BCUT2D eigenvalue weighted by Crippen LogP contribution is -2.26. The lowest BCUT2D eigenvalue weighted by Gasteiger charge is -2.22. The van der Waals surface area contributed by atoms with Gasteiger partial charge in [0, 0.05) is 13.2 Å². The molecule has 0 spiro atoms. The van der Waals surface area contributed by atoms with Crippen molar-refractivity contribution in [1.29, 1.82) is 0 Å². The average Bonchev–Trinajstić information content (AvgIpc) is 3.02. The third kappa shape index (κ3) is 3.68. The molecule has 0 saturated heterocycles. The standard InChI is InChI=1S/C16H23N3O2/c1-5-17-14(13-9-7-6-8-10-13)11(2)16-18-15(19-21-16)12(3)20-4/h6-12,14,17H,5H2,1-4H3. The van der Waals surface area contributed by atoms with E-state index in [1.807, 2.05) is 25.1 Å². The number of likely N-dealkylation sites (N-methyl/N-ethyl adjacent to an activating group) is 1. The zero-order chi connectivity index (χ0) is 15.2. The van der Waals surface area contributed by atoms with Gasteiger partial charge in [0.25, 0.3) is 0 Å². The van der Waals surface area contributed by atoms with Crippen molar-refractivity contribution in [1.82, 2.24) is 15.5 Å². The molecule has 0 radical (unpaired) electrons. The molecular weight excluding hydrogens is 266 g/mol. The van der Waals surface area contributed by atoms with Gasteiger partial charge in [0.2, 0.25) is 5.89 Å². The van der Waals surface area contributed by atoms with Crippen molar-refractivity contribution in [3.05, 3.63) is 47.6 Å². The molecule has 1 heterocycles. The Morgan fingerprint density at radius 2 is 1.95 bits per heavy atom. The van der Waals surface area contributed by atoms with Crippen LogP contribution in [0.4, 0.5) is 0 Å². The summed E-state index contributed by atoms with van der Waals surface area (Å²) in [7, 11) is 1.63. The highest BCUT2D eigenvalue weighted by Crippen LogP contribution is 2.30. The zero-order valence-electron chi connectivity index (χ0n) is 13.0. The fraction of sp³-hybridized carbons (Fsp3) is 0.500. The van der Waals surface area contributed by atoms with E-state index >= 15 is 0 Å². The van der Waals surface area contributed by atoms with Gasteiger partial charge in [-0.1, -0.05) is 49.3 Å². The molecule has 1 N–H and O–H groups in total. The number of benzene rings is 1. The molecule has 0 aliphatic carbocycles. The SMILES string of the molecule is CCNC(c1ccccc1)C(C)c1nc(C(C)OC)no1. The minimum atomic E-state index is -0.163. The molecule has 0 bridgehead atoms. The average molecular weight is 289 g/mol. The van der Waals surface area contributed by atoms with Gasteiger partial charge in [-0.2, -0.15) is 4.98 Å². The number of hydrogen-bond donors (Lipinski definition) is 1. The summed E-state index contributed by atoms with van der Waals surface area (Å²) in [6.07, 6.45) is -0.163. The van der Waals surface area contributed by atoms with E-state index in [4.69, 9.17) is 9.26 Å². The van der Waals surface area contributed by atoms with Crippen LogP contribution < -0.4 is 5.32 Å². The molecule has 1 aromatic carbocycles. The van der Waals surface area contributed by atoms with Gasteiger partial charge in [0.05, 0.1) is 5.92 Å². The Hall–Kier alpha value is -1.72. The summed E-state index contributed by atoms with van der Waals surface area (Å²) in [6.45, 7) is 6.96. The summed E-state index contributed by atoms with van der Waals surface area (Å²) in [4.78, 5) is 4.47. The van der Waals surface area contributed by atoms with Crippen molar-refractivity contribution in [2.45, 2.75) is 38.8 Å². The van der Waals surface area contributed by atoms with E-state index in [2.05, 4.69) is 41.4 Å². The smallest absolute Gasteiger partial charge is 0.231 e. The Labute approximate surface area is 125 Å². The van der Waals surface area contributed by atoms with E-state index in [-0.39, 0.29) is 18.1 Å². The van der Waals surface area contributed by atoms with Crippen molar-refractivity contribution >= 4 is 0 Å². The highest BCUT2D eigenvalue weighted by molar-refractivity contribution is 5.22. The molecule has 0 fully saturated rings. The Morgan fingerprint density at radius 3 is 2.57 bits per heavy atom. The first kappa shape index (κ1) is 15.7. The van der Waals surface area contributed by atoms with Gasteiger partial charge >= 0.3 is 0 Å². The molecular formula is C16H23N3O2. The van der Waals surface area contributed by atoms with Crippen molar-refractivity contribution in [3.63, 3.8) is 0 Å². The lowest BCUT2D eigenvalue weighted by molar-refractivity contribution is 0.109. The third-order valence-electron chi connectivity index (χ3n) is 3.65. The molecule has 2 aromatic rings. The normalized spacial score (nSPS) is 15.6. The molecule has 5 heteroatoms. The van der Waals surface area contributed by atoms with E-state index in [0.29, 0.717) is 11.7 Å². The molecule has 21 heavy (non-hydrogen) atoms. The van der Waals surface area contributed by atoms with Crippen LogP contribution in [0.1, 0.15) is 56.1 Å². The molecule has 0 amide bonds. The summed E-state index contributed by atoms with van der Waals surface area (Å²) >= 11 is 0. The summed E-state index contributed by atoms with van der Waals surface area (Å²) in [6, 6.07) is 10.5. The van der Waals surface area contributed by atoms with Crippen LogP contribution in [-0.2, 0) is 4.74 Å². The second kappa shape index (κ2) is 7.33. The van der Waals surface area contributed by atoms with E-state index in [1.165, 1.54) is 5.56 Å². The maximum absolute atomic E-state index is 5.42. The summed E-state index contributed by atoms with van der Waals surface area (Å²) in [5, 5.41) is 7.50. The Balaban J connectivity index is 2.22. The molecule has 3 unspecified atom stereocenters. The Morgan fingerprint density at radius 1 is 1.24 bits per heavy atom. The van der Waals surface area contributed by atoms with Gasteiger partial charge in [0.15, 0.2) is 5.82 Å².